The molecule has 6 nitrogen and oxygen atoms in total. The number of hydrogen-bond acceptors (Lipinski definition) is 4. The van der Waals surface area contributed by atoms with Gasteiger partial charge in [-0.25, -0.2) is 0 Å². The summed E-state index contributed by atoms with van der Waals surface area (Å²) >= 11 is 0. The lowest BCUT2D eigenvalue weighted by molar-refractivity contribution is -0.389. The summed E-state index contributed by atoms with van der Waals surface area (Å²) in [6, 6.07) is -0.727. The van der Waals surface area contributed by atoms with Crippen molar-refractivity contribution in [3.63, 3.8) is 0 Å². The SMILES string of the molecule is O=CC(CCCCC(F)(F)F)n1cnc([N+](=O)[O-])c1. The summed E-state index contributed by atoms with van der Waals surface area (Å²) in [5, 5.41) is 10.4. The lowest BCUT2D eigenvalue weighted by Gasteiger charge is -2.10. The molecule has 1 rings (SSSR count). The molecule has 0 aliphatic rings. The van der Waals surface area contributed by atoms with Gasteiger partial charge in [-0.1, -0.05) is 6.42 Å². The van der Waals surface area contributed by atoms with Crippen molar-refractivity contribution in [2.24, 2.45) is 0 Å². The minimum absolute atomic E-state index is 0.0787. The Balaban J connectivity index is 2.49. The van der Waals surface area contributed by atoms with Gasteiger partial charge in [-0.15, -0.1) is 0 Å². The highest BCUT2D eigenvalue weighted by atomic mass is 19.4. The van der Waals surface area contributed by atoms with E-state index >= 15 is 0 Å². The van der Waals surface area contributed by atoms with Gasteiger partial charge in [-0.05, 0) is 22.7 Å². The van der Waals surface area contributed by atoms with Crippen molar-refractivity contribution in [2.45, 2.75) is 37.9 Å². The Kier molecular flexibility index (Phi) is 5.02. The maximum Gasteiger partial charge on any atom is 0.389 e. The average Bonchev–Trinajstić information content (AvgIpc) is 2.77. The van der Waals surface area contributed by atoms with Gasteiger partial charge in [0.15, 0.2) is 0 Å². The highest BCUT2D eigenvalue weighted by molar-refractivity contribution is 5.55. The van der Waals surface area contributed by atoms with Crippen molar-refractivity contribution in [1.82, 2.24) is 9.55 Å². The molecule has 1 aromatic heterocycles. The number of imidazole rings is 1. The lowest BCUT2D eigenvalue weighted by Crippen LogP contribution is -2.10. The van der Waals surface area contributed by atoms with Crippen molar-refractivity contribution in [3.8, 4) is 0 Å². The molecule has 0 saturated heterocycles. The van der Waals surface area contributed by atoms with Gasteiger partial charge in [0.25, 0.3) is 0 Å². The number of nitro groups is 1. The molecule has 0 N–H and O–H groups in total. The number of rotatable bonds is 7. The largest absolute Gasteiger partial charge is 0.389 e. The van der Waals surface area contributed by atoms with E-state index in [0.717, 1.165) is 12.5 Å². The Morgan fingerprint density at radius 1 is 1.47 bits per heavy atom. The highest BCUT2D eigenvalue weighted by Gasteiger charge is 2.26. The molecule has 9 heteroatoms. The van der Waals surface area contributed by atoms with Gasteiger partial charge in [0.1, 0.15) is 12.5 Å². The van der Waals surface area contributed by atoms with Crippen molar-refractivity contribution in [1.29, 1.82) is 0 Å². The maximum atomic E-state index is 11.9. The van der Waals surface area contributed by atoms with Crippen LogP contribution in [0.3, 0.4) is 0 Å². The molecule has 0 radical (unpaired) electrons. The number of carbonyl (C=O) groups is 1. The van der Waals surface area contributed by atoms with E-state index in [9.17, 15) is 28.1 Å². The van der Waals surface area contributed by atoms with E-state index in [1.54, 1.807) is 0 Å². The van der Waals surface area contributed by atoms with E-state index in [4.69, 9.17) is 0 Å². The third-order valence-corrected chi connectivity index (χ3v) is 2.53. The average molecular weight is 279 g/mol. The van der Waals surface area contributed by atoms with Crippen LogP contribution in [-0.4, -0.2) is 26.9 Å². The van der Waals surface area contributed by atoms with Gasteiger partial charge >= 0.3 is 12.0 Å². The van der Waals surface area contributed by atoms with E-state index in [1.165, 1.54) is 4.57 Å². The first-order chi connectivity index (χ1) is 8.83. The quantitative estimate of drug-likeness (QED) is 0.332. The fraction of sp³-hybridized carbons (Fsp3) is 0.600. The van der Waals surface area contributed by atoms with Crippen LogP contribution in [0.5, 0.6) is 0 Å². The number of aromatic nitrogens is 2. The minimum Gasteiger partial charge on any atom is -0.358 e. The van der Waals surface area contributed by atoms with Crippen LogP contribution in [0, 0.1) is 10.1 Å². The number of carbonyl (C=O) groups excluding carboxylic acids is 1. The van der Waals surface area contributed by atoms with Crippen molar-refractivity contribution >= 4 is 12.1 Å². The molecule has 0 amide bonds. The first-order valence-corrected chi connectivity index (χ1v) is 5.53. The van der Waals surface area contributed by atoms with Gasteiger partial charge in [0.05, 0.1) is 6.04 Å². The standard InChI is InChI=1S/C10H12F3N3O3/c11-10(12,13)4-2-1-3-8(6-17)15-5-9(14-7-15)16(18)19/h5-8H,1-4H2. The predicted octanol–water partition coefficient (Wildman–Crippen LogP) is 2.65. The topological polar surface area (TPSA) is 78.0 Å². The van der Waals surface area contributed by atoms with Gasteiger partial charge in [0.2, 0.25) is 6.33 Å². The van der Waals surface area contributed by atoms with E-state index in [2.05, 4.69) is 4.98 Å². The van der Waals surface area contributed by atoms with Crippen LogP contribution in [0.4, 0.5) is 19.0 Å². The highest BCUT2D eigenvalue weighted by Crippen LogP contribution is 2.24. The first kappa shape index (κ1) is 15.1. The number of unbranched alkanes of at least 4 members (excludes halogenated alkanes) is 1. The van der Waals surface area contributed by atoms with Crippen molar-refractivity contribution in [2.75, 3.05) is 0 Å². The Labute approximate surface area is 106 Å². The van der Waals surface area contributed by atoms with E-state index < -0.39 is 29.4 Å². The molecular weight excluding hydrogens is 267 g/mol. The van der Waals surface area contributed by atoms with E-state index in [1.807, 2.05) is 0 Å². The van der Waals surface area contributed by atoms with Crippen LogP contribution in [0.15, 0.2) is 12.5 Å². The molecule has 0 aliphatic heterocycles. The Hall–Kier alpha value is -1.93. The summed E-state index contributed by atoms with van der Waals surface area (Å²) in [7, 11) is 0. The van der Waals surface area contributed by atoms with E-state index in [-0.39, 0.29) is 19.3 Å². The minimum atomic E-state index is -4.20. The predicted molar refractivity (Wildman–Crippen MR) is 58.5 cm³/mol. The zero-order valence-corrected chi connectivity index (χ0v) is 9.84. The summed E-state index contributed by atoms with van der Waals surface area (Å²) in [5.74, 6) is -0.401. The fourth-order valence-corrected chi connectivity index (χ4v) is 1.57. The third-order valence-electron chi connectivity index (χ3n) is 2.53. The van der Waals surface area contributed by atoms with Crippen LogP contribution in [0.1, 0.15) is 31.7 Å². The molecule has 0 saturated carbocycles. The second kappa shape index (κ2) is 6.30. The van der Waals surface area contributed by atoms with Crippen LogP contribution < -0.4 is 0 Å². The van der Waals surface area contributed by atoms with Gasteiger partial charge in [-0.2, -0.15) is 13.2 Å². The van der Waals surface area contributed by atoms with Gasteiger partial charge in [0, 0.05) is 6.42 Å². The number of hydrogen-bond donors (Lipinski definition) is 0. The second-order valence-corrected chi connectivity index (χ2v) is 4.00. The molecule has 0 aromatic carbocycles. The van der Waals surface area contributed by atoms with E-state index in [0.29, 0.717) is 6.29 Å². The number of nitrogens with zero attached hydrogens (tertiary/aromatic N) is 3. The summed E-state index contributed by atoms with van der Waals surface area (Å²) in [6.45, 7) is 0. The maximum absolute atomic E-state index is 11.9. The molecule has 0 spiro atoms. The number of halogens is 3. The summed E-state index contributed by atoms with van der Waals surface area (Å²) in [6.07, 6.45) is -2.04. The molecule has 0 bridgehead atoms. The molecule has 0 fully saturated rings. The van der Waals surface area contributed by atoms with Gasteiger partial charge in [-0.3, -0.25) is 0 Å². The number of alkyl halides is 3. The van der Waals surface area contributed by atoms with Crippen LogP contribution >= 0.6 is 0 Å². The lowest BCUT2D eigenvalue weighted by atomic mass is 10.1. The zero-order chi connectivity index (χ0) is 14.5. The Morgan fingerprint density at radius 3 is 2.63 bits per heavy atom. The Morgan fingerprint density at radius 2 is 2.16 bits per heavy atom. The normalized spacial score (nSPS) is 13.2. The van der Waals surface area contributed by atoms with Crippen molar-refractivity contribution < 1.29 is 22.9 Å². The number of aldehydes is 1. The Bertz CT molecular complexity index is 445. The second-order valence-electron chi connectivity index (χ2n) is 4.00. The third kappa shape index (κ3) is 5.06. The van der Waals surface area contributed by atoms with Crippen LogP contribution in [0.25, 0.3) is 0 Å². The smallest absolute Gasteiger partial charge is 0.358 e. The molecular formula is C10H12F3N3O3. The van der Waals surface area contributed by atoms with Crippen LogP contribution in [-0.2, 0) is 4.79 Å². The molecule has 0 aliphatic carbocycles. The van der Waals surface area contributed by atoms with Gasteiger partial charge < -0.3 is 19.5 Å². The summed E-state index contributed by atoms with van der Waals surface area (Å²) in [5.41, 5.74) is 0. The molecule has 1 unspecified atom stereocenters. The summed E-state index contributed by atoms with van der Waals surface area (Å²) < 4.78 is 37.0. The zero-order valence-electron chi connectivity index (χ0n) is 9.84. The van der Waals surface area contributed by atoms with Crippen LogP contribution in [0.2, 0.25) is 0 Å². The molecule has 1 heterocycles. The molecule has 19 heavy (non-hydrogen) atoms. The molecule has 1 atom stereocenters. The fourth-order valence-electron chi connectivity index (χ4n) is 1.57. The molecule has 106 valence electrons. The first-order valence-electron chi connectivity index (χ1n) is 5.53. The van der Waals surface area contributed by atoms with Crippen molar-refractivity contribution in [3.05, 3.63) is 22.6 Å². The monoisotopic (exact) mass is 279 g/mol. The summed E-state index contributed by atoms with van der Waals surface area (Å²) in [4.78, 5) is 24.0. The molecule has 1 aromatic rings.